The summed E-state index contributed by atoms with van der Waals surface area (Å²) in [4.78, 5) is 10.7. The van der Waals surface area contributed by atoms with Gasteiger partial charge in [-0.05, 0) is 0 Å². The average Bonchev–Trinajstić information content (AvgIpc) is 2.13. The second-order valence-corrected chi connectivity index (χ2v) is 3.48. The Balaban J connectivity index is 2.72. The van der Waals surface area contributed by atoms with Crippen molar-refractivity contribution >= 4 is 5.91 Å². The first-order chi connectivity index (χ1) is 6.89. The normalized spacial score (nSPS) is 41.3. The van der Waals surface area contributed by atoms with Gasteiger partial charge in [-0.2, -0.15) is 0 Å². The van der Waals surface area contributed by atoms with Crippen LogP contribution >= 0.6 is 0 Å². The van der Waals surface area contributed by atoms with Crippen LogP contribution in [0.3, 0.4) is 0 Å². The van der Waals surface area contributed by atoms with Gasteiger partial charge in [-0.1, -0.05) is 0 Å². The van der Waals surface area contributed by atoms with Gasteiger partial charge in [0.05, 0.1) is 19.3 Å². The molecule has 1 amide bonds. The number of amides is 1. The molecule has 0 spiro atoms. The van der Waals surface area contributed by atoms with Gasteiger partial charge in [-0.25, -0.2) is 4.39 Å². The standard InChI is InChI=1S/C8H14FNO5/c1-4(12)10-5-3-15-6(2-11)8(9,14)7(5)13/h5-7,11,13-14H,2-3H2,1H3,(H,10,12)/t5-,6+,7+,8-/m0/s1. The van der Waals surface area contributed by atoms with Gasteiger partial charge in [0, 0.05) is 6.92 Å². The van der Waals surface area contributed by atoms with Crippen molar-refractivity contribution in [2.24, 2.45) is 0 Å². The Morgan fingerprint density at radius 2 is 2.33 bits per heavy atom. The topological polar surface area (TPSA) is 99.0 Å². The van der Waals surface area contributed by atoms with E-state index in [1.54, 1.807) is 0 Å². The highest BCUT2D eigenvalue weighted by Gasteiger charge is 2.52. The lowest BCUT2D eigenvalue weighted by molar-refractivity contribution is -0.282. The number of hydrogen-bond donors (Lipinski definition) is 4. The summed E-state index contributed by atoms with van der Waals surface area (Å²) < 4.78 is 18.3. The van der Waals surface area contributed by atoms with E-state index in [-0.39, 0.29) is 6.61 Å². The molecule has 4 atom stereocenters. The quantitative estimate of drug-likeness (QED) is 0.430. The highest BCUT2D eigenvalue weighted by Crippen LogP contribution is 2.27. The van der Waals surface area contributed by atoms with E-state index in [1.165, 1.54) is 6.92 Å². The molecule has 0 bridgehead atoms. The number of aliphatic hydroxyl groups is 3. The molecule has 7 heteroatoms. The third-order valence-electron chi connectivity index (χ3n) is 2.28. The van der Waals surface area contributed by atoms with Crippen LogP contribution in [0, 0.1) is 0 Å². The van der Waals surface area contributed by atoms with Crippen molar-refractivity contribution in [2.75, 3.05) is 13.2 Å². The highest BCUT2D eigenvalue weighted by atomic mass is 19.2. The summed E-state index contributed by atoms with van der Waals surface area (Å²) in [6.07, 6.45) is -3.33. The number of hydrogen-bond acceptors (Lipinski definition) is 5. The maximum atomic E-state index is 13.5. The van der Waals surface area contributed by atoms with Gasteiger partial charge in [0.2, 0.25) is 5.91 Å². The first kappa shape index (κ1) is 12.3. The van der Waals surface area contributed by atoms with E-state index in [0.717, 1.165) is 0 Å². The van der Waals surface area contributed by atoms with Crippen LogP contribution < -0.4 is 5.32 Å². The minimum atomic E-state index is -3.07. The molecule has 1 aliphatic rings. The Morgan fingerprint density at radius 3 is 2.80 bits per heavy atom. The van der Waals surface area contributed by atoms with E-state index in [1.807, 2.05) is 0 Å². The minimum absolute atomic E-state index is 0.168. The fourth-order valence-corrected chi connectivity index (χ4v) is 1.46. The van der Waals surface area contributed by atoms with E-state index in [4.69, 9.17) is 9.84 Å². The lowest BCUT2D eigenvalue weighted by atomic mass is 9.96. The number of alkyl halides is 1. The number of ether oxygens (including phenoxy) is 1. The zero-order valence-electron chi connectivity index (χ0n) is 8.18. The van der Waals surface area contributed by atoms with Crippen molar-refractivity contribution in [3.05, 3.63) is 0 Å². The van der Waals surface area contributed by atoms with Gasteiger partial charge in [0.15, 0.2) is 0 Å². The first-order valence-corrected chi connectivity index (χ1v) is 4.48. The lowest BCUT2D eigenvalue weighted by Gasteiger charge is -2.40. The van der Waals surface area contributed by atoms with Gasteiger partial charge < -0.3 is 25.4 Å². The van der Waals surface area contributed by atoms with Crippen LogP contribution in [0.5, 0.6) is 0 Å². The highest BCUT2D eigenvalue weighted by molar-refractivity contribution is 5.73. The third-order valence-corrected chi connectivity index (χ3v) is 2.28. The van der Waals surface area contributed by atoms with Crippen LogP contribution in [0.15, 0.2) is 0 Å². The van der Waals surface area contributed by atoms with Crippen LogP contribution in [0.2, 0.25) is 0 Å². The number of aliphatic hydroxyl groups excluding tert-OH is 2. The first-order valence-electron chi connectivity index (χ1n) is 4.48. The largest absolute Gasteiger partial charge is 0.393 e. The molecule has 0 aromatic carbocycles. The molecular weight excluding hydrogens is 209 g/mol. The molecular formula is C8H14FNO5. The van der Waals surface area contributed by atoms with Gasteiger partial charge in [0.1, 0.15) is 12.2 Å². The molecule has 1 saturated heterocycles. The smallest absolute Gasteiger partial charge is 0.263 e. The molecule has 0 aromatic heterocycles. The monoisotopic (exact) mass is 223 g/mol. The van der Waals surface area contributed by atoms with E-state index >= 15 is 0 Å². The van der Waals surface area contributed by atoms with Gasteiger partial charge in [-0.15, -0.1) is 0 Å². The number of nitrogens with one attached hydrogen (secondary N) is 1. The molecule has 4 N–H and O–H groups in total. The van der Waals surface area contributed by atoms with Gasteiger partial charge >= 0.3 is 0 Å². The molecule has 0 radical (unpaired) electrons. The summed E-state index contributed by atoms with van der Waals surface area (Å²) >= 11 is 0. The molecule has 1 aliphatic heterocycles. The fourth-order valence-electron chi connectivity index (χ4n) is 1.46. The van der Waals surface area contributed by atoms with Crippen LogP contribution in [0.4, 0.5) is 4.39 Å². The zero-order chi connectivity index (χ0) is 11.6. The molecule has 1 heterocycles. The van der Waals surface area contributed by atoms with Crippen LogP contribution in [0.1, 0.15) is 6.92 Å². The van der Waals surface area contributed by atoms with Crippen molar-refractivity contribution in [1.82, 2.24) is 5.32 Å². The van der Waals surface area contributed by atoms with Crippen molar-refractivity contribution < 1.29 is 29.2 Å². The minimum Gasteiger partial charge on any atom is -0.393 e. The molecule has 0 aromatic rings. The summed E-state index contributed by atoms with van der Waals surface area (Å²) in [5.74, 6) is -3.54. The summed E-state index contributed by atoms with van der Waals surface area (Å²) in [5.41, 5.74) is 0. The number of carbonyl (C=O) groups is 1. The second kappa shape index (κ2) is 4.40. The van der Waals surface area contributed by atoms with Crippen LogP contribution in [-0.2, 0) is 9.53 Å². The van der Waals surface area contributed by atoms with Crippen LogP contribution in [-0.4, -0.2) is 58.5 Å². The van der Waals surface area contributed by atoms with E-state index < -0.39 is 36.6 Å². The number of carbonyl (C=O) groups excluding carboxylic acids is 1. The summed E-state index contributed by atoms with van der Waals surface area (Å²) in [6, 6.07) is -1.03. The maximum Gasteiger partial charge on any atom is 0.263 e. The van der Waals surface area contributed by atoms with Crippen LogP contribution in [0.25, 0.3) is 0 Å². The summed E-state index contributed by atoms with van der Waals surface area (Å²) in [5, 5.41) is 29.6. The molecule has 15 heavy (non-hydrogen) atoms. The molecule has 6 nitrogen and oxygen atoms in total. The molecule has 0 aliphatic carbocycles. The Bertz CT molecular complexity index is 247. The summed E-state index contributed by atoms with van der Waals surface area (Å²) in [7, 11) is 0. The Labute approximate surface area is 85.7 Å². The second-order valence-electron chi connectivity index (χ2n) is 3.48. The Morgan fingerprint density at radius 1 is 1.73 bits per heavy atom. The van der Waals surface area contributed by atoms with E-state index in [9.17, 15) is 19.4 Å². The molecule has 88 valence electrons. The van der Waals surface area contributed by atoms with Crippen molar-refractivity contribution in [3.63, 3.8) is 0 Å². The van der Waals surface area contributed by atoms with Gasteiger partial charge in [-0.3, -0.25) is 4.79 Å². The molecule has 0 saturated carbocycles. The van der Waals surface area contributed by atoms with Crippen molar-refractivity contribution in [2.45, 2.75) is 31.0 Å². The molecule has 1 fully saturated rings. The number of halogens is 1. The Kier molecular flexibility index (Phi) is 3.61. The lowest BCUT2D eigenvalue weighted by Crippen LogP contribution is -2.65. The molecule has 0 unspecified atom stereocenters. The predicted octanol–water partition coefficient (Wildman–Crippen LogP) is -2.10. The zero-order valence-corrected chi connectivity index (χ0v) is 8.18. The molecule has 1 rings (SSSR count). The number of rotatable bonds is 2. The predicted molar refractivity (Wildman–Crippen MR) is 46.5 cm³/mol. The van der Waals surface area contributed by atoms with Gasteiger partial charge in [0.25, 0.3) is 5.85 Å². The van der Waals surface area contributed by atoms with E-state index in [2.05, 4.69) is 5.32 Å². The average molecular weight is 223 g/mol. The summed E-state index contributed by atoms with van der Waals surface area (Å²) in [6.45, 7) is 0.275. The maximum absolute atomic E-state index is 13.5. The third kappa shape index (κ3) is 2.43. The van der Waals surface area contributed by atoms with Crippen molar-refractivity contribution in [1.29, 1.82) is 0 Å². The SMILES string of the molecule is CC(=O)N[C@H]1CO[C@H](CO)[C@@](O)(F)[C@@H]1O. The fraction of sp³-hybridized carbons (Fsp3) is 0.875. The van der Waals surface area contributed by atoms with Crippen molar-refractivity contribution in [3.8, 4) is 0 Å². The van der Waals surface area contributed by atoms with E-state index in [0.29, 0.717) is 0 Å². The Hall–Kier alpha value is -0.760.